The van der Waals surface area contributed by atoms with Crippen molar-refractivity contribution in [1.82, 2.24) is 25.2 Å². The number of sulfonamides is 1. The number of nitrogens with one attached hydrogen (secondary N) is 3. The second kappa shape index (κ2) is 11.5. The van der Waals surface area contributed by atoms with E-state index in [1.165, 1.54) is 0 Å². The first-order valence-electron chi connectivity index (χ1n) is 18.4. The molecular weight excluding hydrogens is 659 g/mol. The van der Waals surface area contributed by atoms with Crippen molar-refractivity contribution in [3.05, 3.63) is 12.7 Å². The van der Waals surface area contributed by atoms with Crippen LogP contribution in [-0.4, -0.2) is 89.8 Å². The second-order valence-corrected chi connectivity index (χ2v) is 20.7. The first kappa shape index (κ1) is 36.8. The predicted octanol–water partition coefficient (Wildman–Crippen LogP) is 3.02. The van der Waals surface area contributed by atoms with Crippen LogP contribution >= 0.6 is 0 Å². The smallest absolute Gasteiger partial charge is 0.259 e. The van der Waals surface area contributed by atoms with Crippen LogP contribution in [0.1, 0.15) is 113 Å². The molecule has 0 aromatic rings. The van der Waals surface area contributed by atoms with E-state index in [0.717, 1.165) is 19.3 Å². The highest BCUT2D eigenvalue weighted by Crippen LogP contribution is 2.88. The average Bonchev–Trinajstić information content (AvgIpc) is 3.90. The number of carbonyl (C=O) groups is 5. The number of fused-ring (bicyclic) bond motifs is 1. The molecule has 2 spiro atoms. The fourth-order valence-electron chi connectivity index (χ4n) is 10.1. The zero-order valence-electron chi connectivity index (χ0n) is 31.1. The van der Waals surface area contributed by atoms with Crippen molar-refractivity contribution in [2.24, 2.45) is 33.0 Å². The largest absolute Gasteiger partial charge is 0.342 e. The van der Waals surface area contributed by atoms with E-state index in [4.69, 9.17) is 0 Å². The van der Waals surface area contributed by atoms with Gasteiger partial charge in [-0.1, -0.05) is 67.9 Å². The van der Waals surface area contributed by atoms with Crippen LogP contribution in [-0.2, 0) is 34.0 Å². The molecule has 0 radical (unpaired) electrons. The Labute approximate surface area is 297 Å². The number of likely N-dealkylation sites (tertiary alicyclic amines) is 2. The molecule has 6 rings (SSSR count). The van der Waals surface area contributed by atoms with Gasteiger partial charge >= 0.3 is 0 Å². The molecule has 278 valence electrons. The number of amides is 5. The molecule has 13 heteroatoms. The number of rotatable bonds is 10. The van der Waals surface area contributed by atoms with Crippen molar-refractivity contribution < 1.29 is 32.4 Å². The van der Waals surface area contributed by atoms with Gasteiger partial charge in [-0.25, -0.2) is 8.42 Å². The average molecular weight is 716 g/mol. The lowest BCUT2D eigenvalue weighted by atomic mass is 9.73. The normalized spacial score (nSPS) is 32.3. The lowest BCUT2D eigenvalue weighted by Gasteiger charge is -2.40. The van der Waals surface area contributed by atoms with Gasteiger partial charge in [0.05, 0.1) is 5.25 Å². The van der Waals surface area contributed by atoms with Crippen LogP contribution in [0.3, 0.4) is 0 Å². The summed E-state index contributed by atoms with van der Waals surface area (Å²) in [5, 5.41) is 5.36. The predicted molar refractivity (Wildman–Crippen MR) is 187 cm³/mol. The van der Waals surface area contributed by atoms with Crippen molar-refractivity contribution in [2.45, 2.75) is 142 Å². The van der Waals surface area contributed by atoms with E-state index in [1.807, 2.05) is 41.5 Å². The van der Waals surface area contributed by atoms with E-state index in [0.29, 0.717) is 45.2 Å². The number of carbonyl (C=O) groups excluding carboxylic acids is 5. The Morgan fingerprint density at radius 2 is 1.60 bits per heavy atom. The Kier molecular flexibility index (Phi) is 8.48. The van der Waals surface area contributed by atoms with Crippen molar-refractivity contribution in [1.29, 1.82) is 0 Å². The van der Waals surface area contributed by atoms with Crippen LogP contribution in [0.2, 0.25) is 0 Å². The van der Waals surface area contributed by atoms with Gasteiger partial charge in [0.2, 0.25) is 33.7 Å². The Morgan fingerprint density at radius 1 is 0.960 bits per heavy atom. The highest BCUT2D eigenvalue weighted by molar-refractivity contribution is 7.91. The molecule has 2 aliphatic heterocycles. The zero-order valence-corrected chi connectivity index (χ0v) is 31.9. The summed E-state index contributed by atoms with van der Waals surface area (Å²) in [5.41, 5.74) is -3.27. The molecule has 3 N–H and O–H groups in total. The summed E-state index contributed by atoms with van der Waals surface area (Å²) in [7, 11) is -3.86. The third-order valence-electron chi connectivity index (χ3n) is 13.5. The molecule has 0 unspecified atom stereocenters. The molecular formula is C37H57N5O7S. The second-order valence-electron chi connectivity index (χ2n) is 18.8. The minimum absolute atomic E-state index is 0.00187. The fourth-order valence-corrected chi connectivity index (χ4v) is 11.4. The van der Waals surface area contributed by atoms with Gasteiger partial charge < -0.3 is 20.4 Å². The Hall–Kier alpha value is -2.96. The van der Waals surface area contributed by atoms with E-state index in [9.17, 15) is 32.4 Å². The molecule has 4 saturated carbocycles. The van der Waals surface area contributed by atoms with E-state index < -0.39 is 73.4 Å². The van der Waals surface area contributed by atoms with Crippen LogP contribution in [0, 0.1) is 33.0 Å². The van der Waals surface area contributed by atoms with Gasteiger partial charge in [-0.15, -0.1) is 6.58 Å². The van der Waals surface area contributed by atoms with Crippen molar-refractivity contribution in [2.75, 3.05) is 13.1 Å². The molecule has 0 bridgehead atoms. The molecule has 50 heavy (non-hydrogen) atoms. The van der Waals surface area contributed by atoms with Gasteiger partial charge in [0.1, 0.15) is 23.7 Å². The number of hydrogen-bond acceptors (Lipinski definition) is 7. The Morgan fingerprint density at radius 3 is 2.04 bits per heavy atom. The monoisotopic (exact) mass is 715 g/mol. The summed E-state index contributed by atoms with van der Waals surface area (Å²) in [6, 6.07) is -2.72. The molecule has 2 saturated heterocycles. The molecule has 4 aliphatic carbocycles. The van der Waals surface area contributed by atoms with Gasteiger partial charge in [-0.3, -0.25) is 28.7 Å². The van der Waals surface area contributed by atoms with E-state index in [-0.39, 0.29) is 34.5 Å². The summed E-state index contributed by atoms with van der Waals surface area (Å²) in [5.74, 6) is -2.62. The van der Waals surface area contributed by atoms with Gasteiger partial charge in [-0.2, -0.15) is 0 Å². The van der Waals surface area contributed by atoms with Crippen LogP contribution in [0.15, 0.2) is 12.7 Å². The Bertz CT molecular complexity index is 1620. The highest BCUT2D eigenvalue weighted by Gasteiger charge is 2.85. The third kappa shape index (κ3) is 5.50. The van der Waals surface area contributed by atoms with Crippen LogP contribution in [0.4, 0.5) is 0 Å². The standard InChI is InChI=1S/C37H57N5O7S/c1-10-22-19-37(22,31(47)40-50(48,49)23-14-15-23)39-28(44)24-20-36(34(8,9)35(36)16-12-17-35)21-42(24)30(46)26(32(2,3)4)38-29(45)27(33(5,6)7)41-18-11-13-25(41)43/h10,22-24,26-27H,1,11-21H2,2-9H3,(H,38,45)(H,39,44)(H,40,47)/t22-,24+,26-,27-,36-,37-/m1/s1. The van der Waals surface area contributed by atoms with Crippen molar-refractivity contribution in [3.8, 4) is 0 Å². The number of nitrogens with zero attached hydrogens (tertiary/aromatic N) is 2. The minimum Gasteiger partial charge on any atom is -0.342 e. The Balaban J connectivity index is 1.30. The maximum Gasteiger partial charge on any atom is 0.259 e. The first-order valence-corrected chi connectivity index (χ1v) is 20.0. The lowest BCUT2D eigenvalue weighted by Crippen LogP contribution is -2.63. The van der Waals surface area contributed by atoms with Gasteiger partial charge in [0, 0.05) is 30.8 Å². The van der Waals surface area contributed by atoms with Crippen LogP contribution < -0.4 is 15.4 Å². The van der Waals surface area contributed by atoms with Crippen LogP contribution in [0.25, 0.3) is 0 Å². The van der Waals surface area contributed by atoms with E-state index >= 15 is 0 Å². The first-order chi connectivity index (χ1) is 23.0. The fraction of sp³-hybridized carbons (Fsp3) is 0.811. The minimum atomic E-state index is -3.86. The quantitative estimate of drug-likeness (QED) is 0.293. The van der Waals surface area contributed by atoms with Gasteiger partial charge in [0.15, 0.2) is 0 Å². The molecule has 2 heterocycles. The van der Waals surface area contributed by atoms with Gasteiger partial charge in [-0.05, 0) is 66.6 Å². The highest BCUT2D eigenvalue weighted by atomic mass is 32.2. The maximum absolute atomic E-state index is 14.9. The van der Waals surface area contributed by atoms with Crippen molar-refractivity contribution >= 4 is 39.6 Å². The number of hydrogen-bond donors (Lipinski definition) is 3. The summed E-state index contributed by atoms with van der Waals surface area (Å²) < 4.78 is 27.7. The molecule has 6 atom stereocenters. The summed E-state index contributed by atoms with van der Waals surface area (Å²) in [6.07, 6.45) is 7.30. The zero-order chi connectivity index (χ0) is 37.0. The molecule has 0 aromatic heterocycles. The summed E-state index contributed by atoms with van der Waals surface area (Å²) >= 11 is 0. The molecule has 6 fully saturated rings. The summed E-state index contributed by atoms with van der Waals surface area (Å²) in [4.78, 5) is 73.2. The SMILES string of the molecule is C=C[C@@H]1C[C@]1(NC(=O)[C@@H]1C[C@@]2(CN1C(=O)[C@@H](NC(=O)[C@@H](N1CCCC1=O)C(C)(C)C)C(C)(C)C)C(C)(C)C21CCC1)C(=O)NS(=O)(=O)C1CC1. The lowest BCUT2D eigenvalue weighted by molar-refractivity contribution is -0.147. The molecule has 12 nitrogen and oxygen atoms in total. The van der Waals surface area contributed by atoms with Gasteiger partial charge in [0.25, 0.3) is 5.91 Å². The molecule has 0 aromatic carbocycles. The summed E-state index contributed by atoms with van der Waals surface area (Å²) in [6.45, 7) is 20.4. The van der Waals surface area contributed by atoms with E-state index in [1.54, 1.807) is 15.9 Å². The maximum atomic E-state index is 14.9. The van der Waals surface area contributed by atoms with Crippen molar-refractivity contribution in [3.63, 3.8) is 0 Å². The molecule has 5 amide bonds. The topological polar surface area (TPSA) is 162 Å². The third-order valence-corrected chi connectivity index (χ3v) is 15.4. The van der Waals surface area contributed by atoms with E-state index in [2.05, 4.69) is 35.8 Å². The molecule has 6 aliphatic rings. The van der Waals surface area contributed by atoms with Crippen LogP contribution in [0.5, 0.6) is 0 Å².